The van der Waals surface area contributed by atoms with Crippen LogP contribution in [0.1, 0.15) is 52.4 Å². The molecule has 3 atom stereocenters. The molecule has 0 bridgehead atoms. The fraction of sp³-hybridized carbons (Fsp3) is 0.875. The van der Waals surface area contributed by atoms with Gasteiger partial charge >= 0.3 is 5.97 Å². The smallest absolute Gasteiger partial charge is 0.320 e. The van der Waals surface area contributed by atoms with Gasteiger partial charge in [-0.15, -0.1) is 0 Å². The number of rotatable bonds is 5. The van der Waals surface area contributed by atoms with E-state index in [1.54, 1.807) is 0 Å². The van der Waals surface area contributed by atoms with Crippen molar-refractivity contribution in [2.24, 2.45) is 11.8 Å². The van der Waals surface area contributed by atoms with Crippen LogP contribution in [0.2, 0.25) is 0 Å². The molecule has 1 aliphatic heterocycles. The maximum atomic E-state index is 12.1. The van der Waals surface area contributed by atoms with Gasteiger partial charge in [-0.2, -0.15) is 0 Å². The lowest BCUT2D eigenvalue weighted by Crippen LogP contribution is -2.57. The molecule has 1 amide bonds. The first kappa shape index (κ1) is 16.3. The van der Waals surface area contributed by atoms with E-state index in [1.165, 1.54) is 12.8 Å². The van der Waals surface area contributed by atoms with Crippen LogP contribution >= 0.6 is 0 Å². The summed E-state index contributed by atoms with van der Waals surface area (Å²) >= 11 is 0. The monoisotopic (exact) mass is 296 g/mol. The lowest BCUT2D eigenvalue weighted by Gasteiger charge is -2.46. The van der Waals surface area contributed by atoms with E-state index in [4.69, 9.17) is 0 Å². The number of carboxylic acids is 1. The number of fused-ring (bicyclic) bond motifs is 1. The highest BCUT2D eigenvalue weighted by Gasteiger charge is 2.41. The molecule has 2 aliphatic rings. The number of likely N-dealkylation sites (tertiary alicyclic amines) is 1. The molecule has 1 heterocycles. The van der Waals surface area contributed by atoms with Gasteiger partial charge in [0.2, 0.25) is 5.91 Å². The highest BCUT2D eigenvalue weighted by molar-refractivity contribution is 5.80. The number of hydrogen-bond acceptors (Lipinski definition) is 3. The summed E-state index contributed by atoms with van der Waals surface area (Å²) in [6.45, 7) is 4.99. The first-order valence-corrected chi connectivity index (χ1v) is 8.24. The van der Waals surface area contributed by atoms with Crippen LogP contribution in [0.5, 0.6) is 0 Å². The Morgan fingerprint density at radius 1 is 1.19 bits per heavy atom. The molecule has 0 spiro atoms. The minimum Gasteiger partial charge on any atom is -0.480 e. The van der Waals surface area contributed by atoms with Crippen LogP contribution in [-0.4, -0.2) is 47.1 Å². The number of carbonyl (C=O) groups excluding carboxylic acids is 1. The van der Waals surface area contributed by atoms with Gasteiger partial charge in [0.25, 0.3) is 0 Å². The minimum absolute atomic E-state index is 0.0406. The molecule has 120 valence electrons. The Morgan fingerprint density at radius 2 is 1.90 bits per heavy atom. The first-order chi connectivity index (χ1) is 9.99. The minimum atomic E-state index is -0.782. The van der Waals surface area contributed by atoms with Crippen molar-refractivity contribution in [3.63, 3.8) is 0 Å². The molecule has 2 rings (SSSR count). The van der Waals surface area contributed by atoms with Gasteiger partial charge in [0.15, 0.2) is 0 Å². The van der Waals surface area contributed by atoms with Crippen molar-refractivity contribution in [1.29, 1.82) is 0 Å². The Hall–Kier alpha value is -1.10. The van der Waals surface area contributed by atoms with E-state index in [-0.39, 0.29) is 18.5 Å². The molecule has 5 heteroatoms. The number of nitrogens with one attached hydrogen (secondary N) is 1. The second-order valence-electron chi connectivity index (χ2n) is 6.91. The topological polar surface area (TPSA) is 69.6 Å². The zero-order valence-corrected chi connectivity index (χ0v) is 13.2. The van der Waals surface area contributed by atoms with Crippen LogP contribution in [0.4, 0.5) is 0 Å². The lowest BCUT2D eigenvalue weighted by molar-refractivity contribution is -0.149. The van der Waals surface area contributed by atoms with Crippen LogP contribution in [0, 0.1) is 11.8 Å². The van der Waals surface area contributed by atoms with Gasteiger partial charge in [-0.05, 0) is 37.5 Å². The summed E-state index contributed by atoms with van der Waals surface area (Å²) in [5, 5.41) is 12.4. The molecular formula is C16H28N2O3. The quantitative estimate of drug-likeness (QED) is 0.812. The van der Waals surface area contributed by atoms with Gasteiger partial charge in [0.05, 0.1) is 6.54 Å². The first-order valence-electron chi connectivity index (χ1n) is 8.24. The van der Waals surface area contributed by atoms with E-state index in [9.17, 15) is 14.7 Å². The third-order valence-corrected chi connectivity index (χ3v) is 4.82. The van der Waals surface area contributed by atoms with Gasteiger partial charge in [-0.25, -0.2) is 0 Å². The molecule has 5 nitrogen and oxygen atoms in total. The summed E-state index contributed by atoms with van der Waals surface area (Å²) in [6.07, 6.45) is 6.27. The van der Waals surface area contributed by atoms with Crippen molar-refractivity contribution < 1.29 is 14.7 Å². The maximum Gasteiger partial charge on any atom is 0.320 e. The highest BCUT2D eigenvalue weighted by atomic mass is 16.4. The van der Waals surface area contributed by atoms with Crippen LogP contribution in [0.3, 0.4) is 0 Å². The summed E-state index contributed by atoms with van der Waals surface area (Å²) in [7, 11) is 0. The van der Waals surface area contributed by atoms with Crippen molar-refractivity contribution in [2.45, 2.75) is 64.5 Å². The van der Waals surface area contributed by atoms with Crippen LogP contribution in [0.25, 0.3) is 0 Å². The Balaban J connectivity index is 2.02. The molecule has 0 aromatic rings. The van der Waals surface area contributed by atoms with E-state index in [0.29, 0.717) is 24.8 Å². The summed E-state index contributed by atoms with van der Waals surface area (Å²) < 4.78 is 0. The van der Waals surface area contributed by atoms with E-state index >= 15 is 0 Å². The second kappa shape index (κ2) is 7.25. The van der Waals surface area contributed by atoms with Crippen molar-refractivity contribution in [1.82, 2.24) is 10.2 Å². The summed E-state index contributed by atoms with van der Waals surface area (Å²) in [4.78, 5) is 25.6. The zero-order chi connectivity index (χ0) is 15.4. The number of carbonyl (C=O) groups is 2. The largest absolute Gasteiger partial charge is 0.480 e. The number of hydrogen-bond donors (Lipinski definition) is 2. The van der Waals surface area contributed by atoms with Gasteiger partial charge < -0.3 is 10.4 Å². The van der Waals surface area contributed by atoms with Crippen LogP contribution < -0.4 is 5.32 Å². The third-order valence-electron chi connectivity index (χ3n) is 4.82. The SMILES string of the molecule is CC(C)CNC(=O)CN1C(C(=O)O)CCC2CCCCC21. The Labute approximate surface area is 127 Å². The number of carboxylic acid groups (broad SMARTS) is 1. The van der Waals surface area contributed by atoms with Crippen molar-refractivity contribution in [3.05, 3.63) is 0 Å². The van der Waals surface area contributed by atoms with Gasteiger partial charge in [-0.3, -0.25) is 14.5 Å². The lowest BCUT2D eigenvalue weighted by atomic mass is 9.76. The molecule has 1 aliphatic carbocycles. The zero-order valence-electron chi connectivity index (χ0n) is 13.2. The van der Waals surface area contributed by atoms with Gasteiger partial charge in [0, 0.05) is 12.6 Å². The molecule has 0 aromatic heterocycles. The Morgan fingerprint density at radius 3 is 2.57 bits per heavy atom. The van der Waals surface area contributed by atoms with E-state index in [2.05, 4.69) is 19.2 Å². The van der Waals surface area contributed by atoms with Crippen molar-refractivity contribution in [2.75, 3.05) is 13.1 Å². The van der Waals surface area contributed by atoms with Crippen molar-refractivity contribution in [3.8, 4) is 0 Å². The average molecular weight is 296 g/mol. The summed E-state index contributed by atoms with van der Waals surface area (Å²) in [6, 6.07) is -0.215. The normalized spacial score (nSPS) is 30.0. The number of nitrogens with zero attached hydrogens (tertiary/aromatic N) is 1. The van der Waals surface area contributed by atoms with Crippen LogP contribution in [0.15, 0.2) is 0 Å². The van der Waals surface area contributed by atoms with E-state index < -0.39 is 12.0 Å². The molecule has 3 unspecified atom stereocenters. The van der Waals surface area contributed by atoms with Crippen LogP contribution in [-0.2, 0) is 9.59 Å². The Bertz CT molecular complexity index is 384. The molecule has 1 saturated carbocycles. The predicted molar refractivity (Wildman–Crippen MR) is 81.0 cm³/mol. The third kappa shape index (κ3) is 4.19. The maximum absolute atomic E-state index is 12.1. The van der Waals surface area contributed by atoms with E-state index in [1.807, 2.05) is 4.90 Å². The fourth-order valence-electron chi connectivity index (χ4n) is 3.76. The number of aliphatic carboxylic acids is 1. The Kier molecular flexibility index (Phi) is 5.62. The molecule has 21 heavy (non-hydrogen) atoms. The molecule has 1 saturated heterocycles. The van der Waals surface area contributed by atoms with Crippen molar-refractivity contribution >= 4 is 11.9 Å². The molecular weight excluding hydrogens is 268 g/mol. The van der Waals surface area contributed by atoms with Gasteiger partial charge in [0.1, 0.15) is 6.04 Å². The molecule has 2 N–H and O–H groups in total. The predicted octanol–water partition coefficient (Wildman–Crippen LogP) is 1.87. The second-order valence-corrected chi connectivity index (χ2v) is 6.91. The number of piperidine rings is 1. The highest BCUT2D eigenvalue weighted by Crippen LogP contribution is 2.37. The van der Waals surface area contributed by atoms with Gasteiger partial charge in [-0.1, -0.05) is 26.7 Å². The average Bonchev–Trinajstić information content (AvgIpc) is 2.45. The summed E-state index contributed by atoms with van der Waals surface area (Å²) in [5.74, 6) is 0.164. The molecule has 0 aromatic carbocycles. The number of amides is 1. The molecule has 2 fully saturated rings. The standard InChI is InChI=1S/C16H28N2O3/c1-11(2)9-17-15(19)10-18-13-6-4-3-5-12(13)7-8-14(18)16(20)21/h11-14H,3-10H2,1-2H3,(H,17,19)(H,20,21). The molecule has 0 radical (unpaired) electrons. The van der Waals surface area contributed by atoms with E-state index in [0.717, 1.165) is 19.3 Å². The fourth-order valence-corrected chi connectivity index (χ4v) is 3.76. The summed E-state index contributed by atoms with van der Waals surface area (Å²) in [5.41, 5.74) is 0.